The summed E-state index contributed by atoms with van der Waals surface area (Å²) in [5.74, 6) is -0.811. The Labute approximate surface area is 72.7 Å². The SMILES string of the molecule is CCOC(C)C(N)CCC(=O)O. The van der Waals surface area contributed by atoms with Crippen molar-refractivity contribution in [1.29, 1.82) is 0 Å². The molecule has 0 saturated carbocycles. The molecule has 0 rings (SSSR count). The van der Waals surface area contributed by atoms with Crippen molar-refractivity contribution < 1.29 is 14.6 Å². The molecule has 4 nitrogen and oxygen atoms in total. The predicted octanol–water partition coefficient (Wildman–Crippen LogP) is 0.603. The maximum absolute atomic E-state index is 10.2. The third kappa shape index (κ3) is 5.09. The van der Waals surface area contributed by atoms with Crippen LogP contribution in [0.1, 0.15) is 26.7 Å². The molecule has 0 aliphatic rings. The quantitative estimate of drug-likeness (QED) is 0.620. The van der Waals surface area contributed by atoms with Gasteiger partial charge >= 0.3 is 5.97 Å². The Balaban J connectivity index is 3.55. The third-order valence-corrected chi connectivity index (χ3v) is 1.72. The average Bonchev–Trinajstić information content (AvgIpc) is 2.00. The van der Waals surface area contributed by atoms with E-state index >= 15 is 0 Å². The first-order chi connectivity index (χ1) is 5.57. The van der Waals surface area contributed by atoms with E-state index in [9.17, 15) is 4.79 Å². The van der Waals surface area contributed by atoms with Gasteiger partial charge < -0.3 is 15.6 Å². The summed E-state index contributed by atoms with van der Waals surface area (Å²) < 4.78 is 5.22. The molecule has 0 aliphatic carbocycles. The van der Waals surface area contributed by atoms with Gasteiger partial charge in [0.1, 0.15) is 0 Å². The van der Waals surface area contributed by atoms with Gasteiger partial charge in [-0.3, -0.25) is 4.79 Å². The predicted molar refractivity (Wildman–Crippen MR) is 45.9 cm³/mol. The van der Waals surface area contributed by atoms with Crippen molar-refractivity contribution in [2.45, 2.75) is 38.8 Å². The number of carboxylic acid groups (broad SMARTS) is 1. The van der Waals surface area contributed by atoms with E-state index in [1.807, 2.05) is 13.8 Å². The molecule has 72 valence electrons. The van der Waals surface area contributed by atoms with Crippen LogP contribution in [0.3, 0.4) is 0 Å². The summed E-state index contributed by atoms with van der Waals surface area (Å²) in [6, 6.07) is -0.180. The molecule has 0 aliphatic heterocycles. The Kier molecular flexibility index (Phi) is 5.66. The van der Waals surface area contributed by atoms with Crippen LogP contribution in [0.5, 0.6) is 0 Å². The fraction of sp³-hybridized carbons (Fsp3) is 0.875. The molecular weight excluding hydrogens is 158 g/mol. The lowest BCUT2D eigenvalue weighted by molar-refractivity contribution is -0.137. The Morgan fingerprint density at radius 1 is 1.67 bits per heavy atom. The number of carboxylic acids is 1. The van der Waals surface area contributed by atoms with E-state index < -0.39 is 5.97 Å². The largest absolute Gasteiger partial charge is 0.481 e. The maximum Gasteiger partial charge on any atom is 0.303 e. The summed E-state index contributed by atoms with van der Waals surface area (Å²) in [7, 11) is 0. The van der Waals surface area contributed by atoms with Gasteiger partial charge in [0.2, 0.25) is 0 Å². The van der Waals surface area contributed by atoms with E-state index in [2.05, 4.69) is 0 Å². The summed E-state index contributed by atoms with van der Waals surface area (Å²) in [6.07, 6.45) is 0.518. The number of carbonyl (C=O) groups is 1. The molecule has 0 bridgehead atoms. The standard InChI is InChI=1S/C8H17NO3/c1-3-12-6(2)7(9)4-5-8(10)11/h6-7H,3-5,9H2,1-2H3,(H,10,11). The van der Waals surface area contributed by atoms with E-state index in [0.717, 1.165) is 0 Å². The van der Waals surface area contributed by atoms with Crippen molar-refractivity contribution in [2.24, 2.45) is 5.73 Å². The Morgan fingerprint density at radius 2 is 2.25 bits per heavy atom. The maximum atomic E-state index is 10.2. The summed E-state index contributed by atoms with van der Waals surface area (Å²) in [5, 5.41) is 8.38. The van der Waals surface area contributed by atoms with Crippen molar-refractivity contribution in [1.82, 2.24) is 0 Å². The van der Waals surface area contributed by atoms with Gasteiger partial charge in [0, 0.05) is 19.1 Å². The van der Waals surface area contributed by atoms with Crippen molar-refractivity contribution in [2.75, 3.05) is 6.61 Å². The highest BCUT2D eigenvalue weighted by Crippen LogP contribution is 2.03. The van der Waals surface area contributed by atoms with Gasteiger partial charge in [-0.1, -0.05) is 0 Å². The van der Waals surface area contributed by atoms with Crippen LogP contribution in [0.4, 0.5) is 0 Å². The Bertz CT molecular complexity index is 138. The van der Waals surface area contributed by atoms with Crippen LogP contribution < -0.4 is 5.73 Å². The first kappa shape index (κ1) is 11.4. The Morgan fingerprint density at radius 3 is 2.67 bits per heavy atom. The van der Waals surface area contributed by atoms with E-state index in [0.29, 0.717) is 13.0 Å². The van der Waals surface area contributed by atoms with Gasteiger partial charge in [-0.05, 0) is 20.3 Å². The number of rotatable bonds is 6. The number of aliphatic carboxylic acids is 1. The van der Waals surface area contributed by atoms with Crippen molar-refractivity contribution in [3.8, 4) is 0 Å². The van der Waals surface area contributed by atoms with Crippen molar-refractivity contribution >= 4 is 5.97 Å². The minimum atomic E-state index is -0.811. The number of ether oxygens (including phenoxy) is 1. The first-order valence-electron chi connectivity index (χ1n) is 4.17. The first-order valence-corrected chi connectivity index (χ1v) is 4.17. The lowest BCUT2D eigenvalue weighted by Gasteiger charge is -2.18. The molecule has 0 aromatic heterocycles. The second kappa shape index (κ2) is 5.97. The monoisotopic (exact) mass is 175 g/mol. The minimum Gasteiger partial charge on any atom is -0.481 e. The average molecular weight is 175 g/mol. The molecule has 0 fully saturated rings. The molecule has 12 heavy (non-hydrogen) atoms. The van der Waals surface area contributed by atoms with Crippen molar-refractivity contribution in [3.05, 3.63) is 0 Å². The highest BCUT2D eigenvalue weighted by atomic mass is 16.5. The van der Waals surface area contributed by atoms with E-state index in [4.69, 9.17) is 15.6 Å². The zero-order valence-electron chi connectivity index (χ0n) is 7.62. The van der Waals surface area contributed by atoms with E-state index in [1.54, 1.807) is 0 Å². The smallest absolute Gasteiger partial charge is 0.303 e. The lowest BCUT2D eigenvalue weighted by Crippen LogP contribution is -2.35. The normalized spacial score (nSPS) is 15.6. The molecular formula is C8H17NO3. The Hall–Kier alpha value is -0.610. The highest BCUT2D eigenvalue weighted by Gasteiger charge is 2.13. The molecule has 0 saturated heterocycles. The topological polar surface area (TPSA) is 72.5 Å². The van der Waals surface area contributed by atoms with Gasteiger partial charge in [0.05, 0.1) is 6.10 Å². The van der Waals surface area contributed by atoms with Crippen LogP contribution in [0.25, 0.3) is 0 Å². The van der Waals surface area contributed by atoms with Crippen LogP contribution in [0, 0.1) is 0 Å². The van der Waals surface area contributed by atoms with Gasteiger partial charge in [-0.15, -0.1) is 0 Å². The fourth-order valence-corrected chi connectivity index (χ4v) is 0.911. The van der Waals surface area contributed by atoms with Gasteiger partial charge in [0.15, 0.2) is 0 Å². The molecule has 0 heterocycles. The molecule has 2 atom stereocenters. The summed E-state index contributed by atoms with van der Waals surface area (Å²) in [5.41, 5.74) is 5.66. The number of hydrogen-bond acceptors (Lipinski definition) is 3. The minimum absolute atomic E-state index is 0.0608. The molecule has 0 aromatic rings. The van der Waals surface area contributed by atoms with Crippen LogP contribution in [-0.4, -0.2) is 29.8 Å². The summed E-state index contributed by atoms with van der Waals surface area (Å²) in [6.45, 7) is 4.36. The molecule has 0 radical (unpaired) electrons. The van der Waals surface area contributed by atoms with Gasteiger partial charge in [-0.2, -0.15) is 0 Å². The van der Waals surface area contributed by atoms with Crippen LogP contribution in [-0.2, 0) is 9.53 Å². The highest BCUT2D eigenvalue weighted by molar-refractivity contribution is 5.66. The molecule has 0 spiro atoms. The summed E-state index contributed by atoms with van der Waals surface area (Å²) >= 11 is 0. The van der Waals surface area contributed by atoms with E-state index in [1.165, 1.54) is 0 Å². The van der Waals surface area contributed by atoms with Crippen LogP contribution in [0.15, 0.2) is 0 Å². The van der Waals surface area contributed by atoms with Gasteiger partial charge in [-0.25, -0.2) is 0 Å². The second-order valence-electron chi connectivity index (χ2n) is 2.76. The van der Waals surface area contributed by atoms with Crippen LogP contribution >= 0.6 is 0 Å². The lowest BCUT2D eigenvalue weighted by atomic mass is 10.1. The van der Waals surface area contributed by atoms with Gasteiger partial charge in [0.25, 0.3) is 0 Å². The zero-order valence-corrected chi connectivity index (χ0v) is 7.62. The summed E-state index contributed by atoms with van der Waals surface area (Å²) in [4.78, 5) is 10.2. The van der Waals surface area contributed by atoms with E-state index in [-0.39, 0.29) is 18.6 Å². The second-order valence-corrected chi connectivity index (χ2v) is 2.76. The number of nitrogens with two attached hydrogens (primary N) is 1. The zero-order chi connectivity index (χ0) is 9.56. The molecule has 4 heteroatoms. The fourth-order valence-electron chi connectivity index (χ4n) is 0.911. The number of hydrogen-bond donors (Lipinski definition) is 2. The molecule has 3 N–H and O–H groups in total. The van der Waals surface area contributed by atoms with Crippen molar-refractivity contribution in [3.63, 3.8) is 0 Å². The molecule has 2 unspecified atom stereocenters. The molecule has 0 amide bonds. The molecule has 0 aromatic carbocycles. The van der Waals surface area contributed by atoms with Crippen LogP contribution in [0.2, 0.25) is 0 Å². The third-order valence-electron chi connectivity index (χ3n) is 1.72.